The molecule has 0 fully saturated rings. The van der Waals surface area contributed by atoms with Crippen LogP contribution in [0.5, 0.6) is 0 Å². The lowest BCUT2D eigenvalue weighted by Gasteiger charge is -2.23. The van der Waals surface area contributed by atoms with Crippen LogP contribution >= 0.6 is 11.3 Å². The molecule has 1 heterocycles. The molecule has 0 saturated carbocycles. The molecule has 0 aromatic carbocycles. The van der Waals surface area contributed by atoms with Crippen molar-refractivity contribution in [1.29, 1.82) is 0 Å². The van der Waals surface area contributed by atoms with E-state index in [1.54, 1.807) is 11.3 Å². The molecule has 1 unspecified atom stereocenters. The summed E-state index contributed by atoms with van der Waals surface area (Å²) in [5, 5.41) is 2.08. The van der Waals surface area contributed by atoms with Crippen molar-refractivity contribution in [1.82, 2.24) is 0 Å². The number of hydrogen-bond donors (Lipinski definition) is 1. The quantitative estimate of drug-likeness (QED) is 0.787. The lowest BCUT2D eigenvalue weighted by molar-refractivity contribution is 0.102. The average Bonchev–Trinajstić information content (AvgIpc) is 2.52. The predicted molar refractivity (Wildman–Crippen MR) is 57.1 cm³/mol. The van der Waals surface area contributed by atoms with E-state index in [4.69, 9.17) is 10.5 Å². The molecule has 0 aliphatic heterocycles. The lowest BCUT2D eigenvalue weighted by atomic mass is 10.00. The van der Waals surface area contributed by atoms with Crippen molar-refractivity contribution in [2.45, 2.75) is 25.8 Å². The normalized spacial score (nSPS) is 15.6. The molecular formula is C10H17NOS. The van der Waals surface area contributed by atoms with Gasteiger partial charge in [-0.05, 0) is 25.3 Å². The second-order valence-electron chi connectivity index (χ2n) is 3.55. The summed E-state index contributed by atoms with van der Waals surface area (Å²) >= 11 is 1.75. The van der Waals surface area contributed by atoms with Gasteiger partial charge >= 0.3 is 0 Å². The first-order valence-electron chi connectivity index (χ1n) is 4.53. The molecule has 0 radical (unpaired) electrons. The number of nitrogens with two attached hydrogens (primary N) is 1. The van der Waals surface area contributed by atoms with Gasteiger partial charge in [-0.1, -0.05) is 6.07 Å². The minimum Gasteiger partial charge on any atom is -0.380 e. The van der Waals surface area contributed by atoms with Crippen LogP contribution in [0.4, 0.5) is 0 Å². The Balaban J connectivity index is 2.42. The van der Waals surface area contributed by atoms with Crippen molar-refractivity contribution < 1.29 is 4.74 Å². The summed E-state index contributed by atoms with van der Waals surface area (Å²) in [6.45, 7) is 5.38. The molecule has 0 aliphatic rings. The van der Waals surface area contributed by atoms with Gasteiger partial charge in [0.2, 0.25) is 0 Å². The van der Waals surface area contributed by atoms with E-state index in [0.717, 1.165) is 13.0 Å². The third-order valence-electron chi connectivity index (χ3n) is 1.79. The van der Waals surface area contributed by atoms with Gasteiger partial charge in [-0.15, -0.1) is 11.3 Å². The van der Waals surface area contributed by atoms with Gasteiger partial charge in [0.1, 0.15) is 0 Å². The Morgan fingerprint density at radius 2 is 2.38 bits per heavy atom. The Morgan fingerprint density at radius 1 is 1.62 bits per heavy atom. The summed E-state index contributed by atoms with van der Waals surface area (Å²) in [4.78, 5) is 1.32. The molecule has 13 heavy (non-hydrogen) atoms. The molecule has 0 spiro atoms. The van der Waals surface area contributed by atoms with E-state index in [-0.39, 0.29) is 5.54 Å². The van der Waals surface area contributed by atoms with Crippen molar-refractivity contribution in [2.75, 3.05) is 13.2 Å². The Morgan fingerprint density at radius 3 is 2.92 bits per heavy atom. The van der Waals surface area contributed by atoms with Gasteiger partial charge in [0.25, 0.3) is 0 Å². The van der Waals surface area contributed by atoms with E-state index < -0.39 is 0 Å². The summed E-state index contributed by atoms with van der Waals surface area (Å²) in [6, 6.07) is 4.17. The second kappa shape index (κ2) is 4.74. The monoisotopic (exact) mass is 199 g/mol. The van der Waals surface area contributed by atoms with E-state index in [9.17, 15) is 0 Å². The molecule has 74 valence electrons. The van der Waals surface area contributed by atoms with E-state index in [2.05, 4.69) is 17.5 Å². The first-order valence-corrected chi connectivity index (χ1v) is 5.41. The third kappa shape index (κ3) is 3.89. The Kier molecular flexibility index (Phi) is 3.90. The SMILES string of the molecule is CCOCC(C)(N)Cc1cccs1. The summed E-state index contributed by atoms with van der Waals surface area (Å²) in [5.74, 6) is 0. The molecule has 0 aliphatic carbocycles. The first-order chi connectivity index (χ1) is 6.14. The van der Waals surface area contributed by atoms with Crippen LogP contribution in [0.2, 0.25) is 0 Å². The van der Waals surface area contributed by atoms with Gasteiger partial charge in [0.15, 0.2) is 0 Å². The Hall–Kier alpha value is -0.380. The van der Waals surface area contributed by atoms with Crippen LogP contribution in [-0.4, -0.2) is 18.8 Å². The molecule has 1 atom stereocenters. The third-order valence-corrected chi connectivity index (χ3v) is 2.67. The first kappa shape index (κ1) is 10.7. The van der Waals surface area contributed by atoms with E-state index in [1.165, 1.54) is 4.88 Å². The molecule has 0 saturated heterocycles. The van der Waals surface area contributed by atoms with Crippen molar-refractivity contribution in [2.24, 2.45) is 5.73 Å². The van der Waals surface area contributed by atoms with Gasteiger partial charge in [0.05, 0.1) is 6.61 Å². The summed E-state index contributed by atoms with van der Waals surface area (Å²) in [5.41, 5.74) is 5.84. The molecule has 1 aromatic rings. The fourth-order valence-electron chi connectivity index (χ4n) is 1.20. The molecule has 2 nitrogen and oxygen atoms in total. The van der Waals surface area contributed by atoms with Gasteiger partial charge in [-0.3, -0.25) is 0 Å². The van der Waals surface area contributed by atoms with Gasteiger partial charge in [0, 0.05) is 23.4 Å². The minimum absolute atomic E-state index is 0.235. The van der Waals surface area contributed by atoms with E-state index >= 15 is 0 Å². The highest BCUT2D eigenvalue weighted by Gasteiger charge is 2.19. The summed E-state index contributed by atoms with van der Waals surface area (Å²) in [7, 11) is 0. The molecule has 1 rings (SSSR count). The van der Waals surface area contributed by atoms with Crippen molar-refractivity contribution in [3.05, 3.63) is 22.4 Å². The lowest BCUT2D eigenvalue weighted by Crippen LogP contribution is -2.43. The molecule has 3 heteroatoms. The molecule has 0 amide bonds. The van der Waals surface area contributed by atoms with Crippen LogP contribution < -0.4 is 5.73 Å². The van der Waals surface area contributed by atoms with Crippen molar-refractivity contribution >= 4 is 11.3 Å². The largest absolute Gasteiger partial charge is 0.380 e. The number of hydrogen-bond acceptors (Lipinski definition) is 3. The summed E-state index contributed by atoms with van der Waals surface area (Å²) < 4.78 is 5.33. The maximum atomic E-state index is 6.08. The van der Waals surface area contributed by atoms with Crippen LogP contribution in [0.25, 0.3) is 0 Å². The minimum atomic E-state index is -0.235. The van der Waals surface area contributed by atoms with Crippen LogP contribution in [0, 0.1) is 0 Å². The summed E-state index contributed by atoms with van der Waals surface area (Å²) in [6.07, 6.45) is 0.894. The second-order valence-corrected chi connectivity index (χ2v) is 4.58. The van der Waals surface area contributed by atoms with Crippen molar-refractivity contribution in [3.63, 3.8) is 0 Å². The zero-order valence-electron chi connectivity index (χ0n) is 8.25. The molecular weight excluding hydrogens is 182 g/mol. The number of thiophene rings is 1. The van der Waals surface area contributed by atoms with Gasteiger partial charge in [-0.2, -0.15) is 0 Å². The smallest absolute Gasteiger partial charge is 0.0646 e. The average molecular weight is 199 g/mol. The van der Waals surface area contributed by atoms with Crippen LogP contribution in [0.15, 0.2) is 17.5 Å². The van der Waals surface area contributed by atoms with Crippen LogP contribution in [0.1, 0.15) is 18.7 Å². The van der Waals surface area contributed by atoms with Crippen LogP contribution in [-0.2, 0) is 11.2 Å². The maximum absolute atomic E-state index is 6.08. The highest BCUT2D eigenvalue weighted by atomic mass is 32.1. The predicted octanol–water partition coefficient (Wildman–Crippen LogP) is 2.04. The van der Waals surface area contributed by atoms with E-state index in [1.807, 2.05) is 13.8 Å². The standard InChI is InChI=1S/C10H17NOS/c1-3-12-8-10(2,11)7-9-5-4-6-13-9/h4-6H,3,7-8,11H2,1-2H3. The fourth-order valence-corrected chi connectivity index (χ4v) is 2.10. The topological polar surface area (TPSA) is 35.2 Å². The zero-order valence-corrected chi connectivity index (χ0v) is 9.06. The highest BCUT2D eigenvalue weighted by molar-refractivity contribution is 7.09. The Bertz CT molecular complexity index is 231. The number of rotatable bonds is 5. The van der Waals surface area contributed by atoms with Crippen molar-refractivity contribution in [3.8, 4) is 0 Å². The maximum Gasteiger partial charge on any atom is 0.0646 e. The number of ether oxygens (including phenoxy) is 1. The van der Waals surface area contributed by atoms with Gasteiger partial charge in [-0.25, -0.2) is 0 Å². The molecule has 1 aromatic heterocycles. The zero-order chi connectivity index (χ0) is 9.73. The van der Waals surface area contributed by atoms with Gasteiger partial charge < -0.3 is 10.5 Å². The fraction of sp³-hybridized carbons (Fsp3) is 0.600. The van der Waals surface area contributed by atoms with Crippen LogP contribution in [0.3, 0.4) is 0 Å². The Labute approximate surface area is 83.7 Å². The van der Waals surface area contributed by atoms with E-state index in [0.29, 0.717) is 6.61 Å². The molecule has 0 bridgehead atoms. The molecule has 2 N–H and O–H groups in total. The highest BCUT2D eigenvalue weighted by Crippen LogP contribution is 2.16.